The van der Waals surface area contributed by atoms with Gasteiger partial charge in [-0.2, -0.15) is 4.80 Å². The number of carbonyl (C=O) groups excluding carboxylic acids is 1. The van der Waals surface area contributed by atoms with E-state index in [2.05, 4.69) is 15.4 Å². The van der Waals surface area contributed by atoms with E-state index >= 15 is 0 Å². The zero-order chi connectivity index (χ0) is 16.9. The van der Waals surface area contributed by atoms with Gasteiger partial charge in [-0.1, -0.05) is 59.7 Å². The average Bonchev–Trinajstić information content (AvgIpc) is 3.03. The second-order valence-corrected chi connectivity index (χ2v) is 5.66. The van der Waals surface area contributed by atoms with E-state index in [-0.39, 0.29) is 13.2 Å². The third-order valence-corrected chi connectivity index (χ3v) is 3.55. The lowest BCUT2D eigenvalue weighted by atomic mass is 10.1. The van der Waals surface area contributed by atoms with Crippen molar-refractivity contribution in [2.75, 3.05) is 0 Å². The monoisotopic (exact) mass is 322 g/mol. The van der Waals surface area contributed by atoms with Gasteiger partial charge in [-0.05, 0) is 24.6 Å². The molecule has 1 aromatic heterocycles. The molecule has 0 saturated heterocycles. The van der Waals surface area contributed by atoms with Crippen LogP contribution in [-0.4, -0.2) is 26.2 Å². The summed E-state index contributed by atoms with van der Waals surface area (Å²) in [6, 6.07) is 15.6. The van der Waals surface area contributed by atoms with E-state index in [1.807, 2.05) is 62.4 Å². The fourth-order valence-electron chi connectivity index (χ4n) is 2.14. The molecule has 0 bridgehead atoms. The summed E-state index contributed by atoms with van der Waals surface area (Å²) in [6.07, 6.45) is 0. The van der Waals surface area contributed by atoms with Crippen LogP contribution in [0.15, 0.2) is 48.5 Å². The molecule has 0 unspecified atom stereocenters. The van der Waals surface area contributed by atoms with Crippen LogP contribution in [0, 0.1) is 13.8 Å². The Bertz CT molecular complexity index is 823. The van der Waals surface area contributed by atoms with E-state index in [0.29, 0.717) is 5.82 Å². The summed E-state index contributed by atoms with van der Waals surface area (Å²) in [5.74, 6) is 0.0877. The van der Waals surface area contributed by atoms with Crippen molar-refractivity contribution in [3.05, 3.63) is 65.2 Å². The zero-order valence-corrected chi connectivity index (χ0v) is 13.6. The number of hydrogen-bond donors (Lipinski definition) is 0. The molecule has 122 valence electrons. The standard InChI is InChI=1S/C18H18N4O2/c1-13-3-7-15(8-4-13)12-24-17(23)11-22-20-18(19-21-22)16-9-5-14(2)6-10-16/h3-10H,11-12H2,1-2H3. The molecule has 3 aromatic rings. The van der Waals surface area contributed by atoms with Gasteiger partial charge < -0.3 is 4.74 Å². The normalized spacial score (nSPS) is 10.6. The molecule has 0 atom stereocenters. The highest BCUT2D eigenvalue weighted by Gasteiger charge is 2.10. The third kappa shape index (κ3) is 4.04. The van der Waals surface area contributed by atoms with Crippen LogP contribution in [0.25, 0.3) is 11.4 Å². The molecule has 6 nitrogen and oxygen atoms in total. The minimum Gasteiger partial charge on any atom is -0.459 e. The number of benzene rings is 2. The van der Waals surface area contributed by atoms with Crippen molar-refractivity contribution < 1.29 is 9.53 Å². The Hall–Kier alpha value is -3.02. The predicted molar refractivity (Wildman–Crippen MR) is 89.0 cm³/mol. The molecule has 6 heteroatoms. The Balaban J connectivity index is 1.57. The largest absolute Gasteiger partial charge is 0.459 e. The second-order valence-electron chi connectivity index (χ2n) is 5.66. The molecule has 0 spiro atoms. The summed E-state index contributed by atoms with van der Waals surface area (Å²) in [5, 5.41) is 12.1. The quantitative estimate of drug-likeness (QED) is 0.676. The highest BCUT2D eigenvalue weighted by atomic mass is 16.5. The number of ether oxygens (including phenoxy) is 1. The highest BCUT2D eigenvalue weighted by molar-refractivity contribution is 5.69. The lowest BCUT2D eigenvalue weighted by molar-refractivity contribution is -0.146. The van der Waals surface area contributed by atoms with Crippen LogP contribution in [0.1, 0.15) is 16.7 Å². The third-order valence-electron chi connectivity index (χ3n) is 3.55. The fourth-order valence-corrected chi connectivity index (χ4v) is 2.14. The molecule has 24 heavy (non-hydrogen) atoms. The van der Waals surface area contributed by atoms with Gasteiger partial charge in [-0.15, -0.1) is 10.2 Å². The maximum Gasteiger partial charge on any atom is 0.330 e. The minimum atomic E-state index is -0.400. The number of tetrazole rings is 1. The Morgan fingerprint density at radius 2 is 1.62 bits per heavy atom. The van der Waals surface area contributed by atoms with E-state index in [1.54, 1.807) is 0 Å². The lowest BCUT2D eigenvalue weighted by Gasteiger charge is -2.04. The lowest BCUT2D eigenvalue weighted by Crippen LogP contribution is -2.15. The first kappa shape index (κ1) is 15.9. The highest BCUT2D eigenvalue weighted by Crippen LogP contribution is 2.14. The van der Waals surface area contributed by atoms with Crippen molar-refractivity contribution in [2.24, 2.45) is 0 Å². The maximum absolute atomic E-state index is 11.9. The molecule has 3 rings (SSSR count). The van der Waals surface area contributed by atoms with Gasteiger partial charge in [0.2, 0.25) is 5.82 Å². The molecular formula is C18H18N4O2. The van der Waals surface area contributed by atoms with Gasteiger partial charge in [-0.25, -0.2) is 4.79 Å². The van der Waals surface area contributed by atoms with Crippen LogP contribution in [0.2, 0.25) is 0 Å². The maximum atomic E-state index is 11.9. The summed E-state index contributed by atoms with van der Waals surface area (Å²) in [7, 11) is 0. The van der Waals surface area contributed by atoms with Gasteiger partial charge in [0.1, 0.15) is 6.61 Å². The summed E-state index contributed by atoms with van der Waals surface area (Å²) in [4.78, 5) is 13.1. The Labute approximate surface area is 140 Å². The molecule has 0 saturated carbocycles. The summed E-state index contributed by atoms with van der Waals surface area (Å²) >= 11 is 0. The van der Waals surface area contributed by atoms with E-state index in [1.165, 1.54) is 10.4 Å². The van der Waals surface area contributed by atoms with E-state index in [4.69, 9.17) is 4.74 Å². The van der Waals surface area contributed by atoms with Crippen molar-refractivity contribution in [2.45, 2.75) is 27.0 Å². The topological polar surface area (TPSA) is 69.9 Å². The van der Waals surface area contributed by atoms with Crippen molar-refractivity contribution in [1.29, 1.82) is 0 Å². The Kier molecular flexibility index (Phi) is 4.65. The fraction of sp³-hybridized carbons (Fsp3) is 0.222. The van der Waals surface area contributed by atoms with E-state index in [9.17, 15) is 4.79 Å². The van der Waals surface area contributed by atoms with Gasteiger partial charge in [0, 0.05) is 5.56 Å². The molecule has 0 aliphatic carbocycles. The van der Waals surface area contributed by atoms with Gasteiger partial charge >= 0.3 is 5.97 Å². The van der Waals surface area contributed by atoms with Crippen molar-refractivity contribution >= 4 is 5.97 Å². The Morgan fingerprint density at radius 3 is 2.29 bits per heavy atom. The first-order valence-corrected chi connectivity index (χ1v) is 7.66. The van der Waals surface area contributed by atoms with Crippen LogP contribution < -0.4 is 0 Å². The molecule has 2 aromatic carbocycles. The molecule has 0 amide bonds. The van der Waals surface area contributed by atoms with Crippen LogP contribution in [-0.2, 0) is 22.7 Å². The van der Waals surface area contributed by atoms with Crippen LogP contribution in [0.3, 0.4) is 0 Å². The summed E-state index contributed by atoms with van der Waals surface area (Å²) in [6.45, 7) is 4.19. The van der Waals surface area contributed by atoms with E-state index < -0.39 is 5.97 Å². The number of aryl methyl sites for hydroxylation is 2. The zero-order valence-electron chi connectivity index (χ0n) is 13.6. The number of aromatic nitrogens is 4. The number of carbonyl (C=O) groups is 1. The van der Waals surface area contributed by atoms with Crippen molar-refractivity contribution in [3.8, 4) is 11.4 Å². The van der Waals surface area contributed by atoms with Crippen LogP contribution in [0.5, 0.6) is 0 Å². The SMILES string of the molecule is Cc1ccc(COC(=O)Cn2nnc(-c3ccc(C)cc3)n2)cc1. The second kappa shape index (κ2) is 7.04. The first-order valence-electron chi connectivity index (χ1n) is 7.66. The van der Waals surface area contributed by atoms with E-state index in [0.717, 1.165) is 16.7 Å². The predicted octanol–water partition coefficient (Wildman–Crippen LogP) is 2.70. The van der Waals surface area contributed by atoms with Crippen molar-refractivity contribution in [1.82, 2.24) is 20.2 Å². The number of esters is 1. The number of rotatable bonds is 5. The van der Waals surface area contributed by atoms with Crippen LogP contribution in [0.4, 0.5) is 0 Å². The molecule has 0 radical (unpaired) electrons. The number of hydrogen-bond acceptors (Lipinski definition) is 5. The van der Waals surface area contributed by atoms with Gasteiger partial charge in [0.15, 0.2) is 6.54 Å². The van der Waals surface area contributed by atoms with Gasteiger partial charge in [0.25, 0.3) is 0 Å². The molecule has 0 aliphatic rings. The molecule has 0 N–H and O–H groups in total. The van der Waals surface area contributed by atoms with Gasteiger partial charge in [-0.3, -0.25) is 0 Å². The summed E-state index contributed by atoms with van der Waals surface area (Å²) in [5.41, 5.74) is 4.13. The first-order chi connectivity index (χ1) is 11.6. The minimum absolute atomic E-state index is 0.0648. The summed E-state index contributed by atoms with van der Waals surface area (Å²) < 4.78 is 5.24. The molecular weight excluding hydrogens is 304 g/mol. The van der Waals surface area contributed by atoms with Crippen LogP contribution >= 0.6 is 0 Å². The molecule has 0 fully saturated rings. The average molecular weight is 322 g/mol. The molecule has 1 heterocycles. The van der Waals surface area contributed by atoms with Gasteiger partial charge in [0.05, 0.1) is 0 Å². The number of nitrogens with zero attached hydrogens (tertiary/aromatic N) is 4. The van der Waals surface area contributed by atoms with Crippen molar-refractivity contribution in [3.63, 3.8) is 0 Å². The smallest absolute Gasteiger partial charge is 0.330 e. The Morgan fingerprint density at radius 1 is 1.00 bits per heavy atom. The molecule has 0 aliphatic heterocycles.